The Hall–Kier alpha value is -1.07. The summed E-state index contributed by atoms with van der Waals surface area (Å²) >= 11 is 0. The first-order valence-electron chi connectivity index (χ1n) is 5.09. The second-order valence-electron chi connectivity index (χ2n) is 3.70. The third kappa shape index (κ3) is 4.31. The molecule has 18 heavy (non-hydrogen) atoms. The largest absolute Gasteiger partial charge is 0.416 e. The summed E-state index contributed by atoms with van der Waals surface area (Å²) in [6.07, 6.45) is -2.17. The minimum Gasteiger partial charge on any atom is -0.324 e. The van der Waals surface area contributed by atoms with Crippen molar-refractivity contribution >= 4 is 12.4 Å². The van der Waals surface area contributed by atoms with Gasteiger partial charge in [0, 0.05) is 6.04 Å². The molecule has 0 aliphatic heterocycles. The maximum absolute atomic E-state index is 13.0. The maximum atomic E-state index is 13.0. The molecule has 0 fully saturated rings. The van der Waals surface area contributed by atoms with Gasteiger partial charge >= 0.3 is 6.18 Å². The highest BCUT2D eigenvalue weighted by molar-refractivity contribution is 5.85. The minimum atomic E-state index is -4.52. The molecule has 6 heteroatoms. The summed E-state index contributed by atoms with van der Waals surface area (Å²) in [5, 5.41) is 0. The van der Waals surface area contributed by atoms with E-state index in [4.69, 9.17) is 5.73 Å². The van der Waals surface area contributed by atoms with E-state index in [9.17, 15) is 17.6 Å². The van der Waals surface area contributed by atoms with Crippen molar-refractivity contribution in [2.75, 3.05) is 0 Å². The molecule has 1 aromatic carbocycles. The lowest BCUT2D eigenvalue weighted by Gasteiger charge is -2.17. The molecule has 0 bridgehead atoms. The van der Waals surface area contributed by atoms with Gasteiger partial charge in [0.05, 0.1) is 5.56 Å². The van der Waals surface area contributed by atoms with Crippen LogP contribution >= 0.6 is 12.4 Å². The van der Waals surface area contributed by atoms with Gasteiger partial charge in [-0.2, -0.15) is 13.2 Å². The molecule has 0 amide bonds. The molecule has 0 aliphatic rings. The Labute approximate surface area is 109 Å². The molecule has 1 atom stereocenters. The monoisotopic (exact) mass is 283 g/mol. The van der Waals surface area contributed by atoms with Gasteiger partial charge in [0.1, 0.15) is 5.82 Å². The fourth-order valence-electron chi connectivity index (χ4n) is 1.55. The van der Waals surface area contributed by atoms with Crippen molar-refractivity contribution in [1.29, 1.82) is 0 Å². The van der Waals surface area contributed by atoms with E-state index in [0.717, 1.165) is 18.2 Å². The second-order valence-corrected chi connectivity index (χ2v) is 3.70. The van der Waals surface area contributed by atoms with Crippen LogP contribution in [0.2, 0.25) is 0 Å². The van der Waals surface area contributed by atoms with E-state index in [-0.39, 0.29) is 18.0 Å². The molecule has 0 aromatic heterocycles. The molecule has 0 saturated carbocycles. The lowest BCUT2D eigenvalue weighted by molar-refractivity contribution is -0.138. The van der Waals surface area contributed by atoms with Crippen LogP contribution in [0.4, 0.5) is 17.6 Å². The molecule has 0 heterocycles. The highest BCUT2D eigenvalue weighted by Gasteiger charge is 2.34. The van der Waals surface area contributed by atoms with Crippen LogP contribution in [0.5, 0.6) is 0 Å². The molecule has 0 saturated heterocycles. The summed E-state index contributed by atoms with van der Waals surface area (Å²) in [5.74, 6) is -0.720. The molecule has 102 valence electrons. The molecule has 0 radical (unpaired) electrons. The van der Waals surface area contributed by atoms with Gasteiger partial charge in [-0.15, -0.1) is 19.0 Å². The number of hydrogen-bond acceptors (Lipinski definition) is 1. The van der Waals surface area contributed by atoms with Crippen molar-refractivity contribution in [3.63, 3.8) is 0 Å². The molecular formula is C12H14ClF4N. The SMILES string of the molecule is C=CCC[C@@H](N)c1cc(F)ccc1C(F)(F)F.Cl. The Bertz CT molecular complexity index is 404. The summed E-state index contributed by atoms with van der Waals surface area (Å²) < 4.78 is 51.0. The molecule has 1 aromatic rings. The molecule has 2 N–H and O–H groups in total. The number of hydrogen-bond donors (Lipinski definition) is 1. The van der Waals surface area contributed by atoms with Crippen molar-refractivity contribution in [3.05, 3.63) is 47.8 Å². The fraction of sp³-hybridized carbons (Fsp3) is 0.333. The highest BCUT2D eigenvalue weighted by atomic mass is 35.5. The van der Waals surface area contributed by atoms with E-state index in [1.54, 1.807) is 6.08 Å². The van der Waals surface area contributed by atoms with Crippen molar-refractivity contribution in [1.82, 2.24) is 0 Å². The summed E-state index contributed by atoms with van der Waals surface area (Å²) in [6.45, 7) is 3.46. The van der Waals surface area contributed by atoms with E-state index in [1.807, 2.05) is 0 Å². The van der Waals surface area contributed by atoms with E-state index in [1.165, 1.54) is 0 Å². The molecule has 1 rings (SSSR count). The first-order chi connectivity index (χ1) is 7.86. The lowest BCUT2D eigenvalue weighted by atomic mass is 9.97. The molecule has 0 unspecified atom stereocenters. The van der Waals surface area contributed by atoms with Crippen LogP contribution in [0, 0.1) is 5.82 Å². The van der Waals surface area contributed by atoms with Gasteiger partial charge in [-0.05, 0) is 36.6 Å². The van der Waals surface area contributed by atoms with Crippen molar-refractivity contribution in [2.24, 2.45) is 5.73 Å². The minimum absolute atomic E-state index is 0. The van der Waals surface area contributed by atoms with Crippen LogP contribution in [0.3, 0.4) is 0 Å². The number of allylic oxidation sites excluding steroid dienone is 1. The van der Waals surface area contributed by atoms with Crippen molar-refractivity contribution < 1.29 is 17.6 Å². The average molecular weight is 284 g/mol. The van der Waals surface area contributed by atoms with Gasteiger partial charge in [-0.25, -0.2) is 4.39 Å². The number of rotatable bonds is 4. The van der Waals surface area contributed by atoms with Gasteiger partial charge in [-0.3, -0.25) is 0 Å². The number of benzene rings is 1. The molecule has 0 spiro atoms. The third-order valence-electron chi connectivity index (χ3n) is 2.40. The third-order valence-corrected chi connectivity index (χ3v) is 2.40. The predicted molar refractivity (Wildman–Crippen MR) is 65.0 cm³/mol. The highest BCUT2D eigenvalue weighted by Crippen LogP contribution is 2.35. The van der Waals surface area contributed by atoms with Crippen LogP contribution in [-0.4, -0.2) is 0 Å². The van der Waals surface area contributed by atoms with Crippen LogP contribution in [0.25, 0.3) is 0 Å². The van der Waals surface area contributed by atoms with Crippen LogP contribution in [0.15, 0.2) is 30.9 Å². The van der Waals surface area contributed by atoms with Gasteiger partial charge in [-0.1, -0.05) is 6.08 Å². The maximum Gasteiger partial charge on any atom is 0.416 e. The molecule has 0 aliphatic carbocycles. The quantitative estimate of drug-likeness (QED) is 0.649. The van der Waals surface area contributed by atoms with Gasteiger partial charge in [0.25, 0.3) is 0 Å². The molecule has 1 nitrogen and oxygen atoms in total. The fourth-order valence-corrected chi connectivity index (χ4v) is 1.55. The van der Waals surface area contributed by atoms with Crippen LogP contribution in [-0.2, 0) is 6.18 Å². The van der Waals surface area contributed by atoms with Crippen molar-refractivity contribution in [2.45, 2.75) is 25.1 Å². The molecular weight excluding hydrogens is 270 g/mol. The Balaban J connectivity index is 0.00000289. The number of halogens is 5. The summed E-state index contributed by atoms with van der Waals surface area (Å²) in [7, 11) is 0. The topological polar surface area (TPSA) is 26.0 Å². The summed E-state index contributed by atoms with van der Waals surface area (Å²) in [5.41, 5.74) is 4.54. The lowest BCUT2D eigenvalue weighted by Crippen LogP contribution is -2.17. The van der Waals surface area contributed by atoms with Crippen molar-refractivity contribution in [3.8, 4) is 0 Å². The Morgan fingerprint density at radius 1 is 1.33 bits per heavy atom. The smallest absolute Gasteiger partial charge is 0.324 e. The first-order valence-corrected chi connectivity index (χ1v) is 5.09. The van der Waals surface area contributed by atoms with Gasteiger partial charge in [0.15, 0.2) is 0 Å². The van der Waals surface area contributed by atoms with E-state index in [2.05, 4.69) is 6.58 Å². The van der Waals surface area contributed by atoms with E-state index in [0.29, 0.717) is 12.8 Å². The Morgan fingerprint density at radius 3 is 2.44 bits per heavy atom. The van der Waals surface area contributed by atoms with Gasteiger partial charge in [0.2, 0.25) is 0 Å². The van der Waals surface area contributed by atoms with E-state index < -0.39 is 23.6 Å². The Morgan fingerprint density at radius 2 is 1.94 bits per heavy atom. The zero-order chi connectivity index (χ0) is 13.1. The van der Waals surface area contributed by atoms with Crippen LogP contribution < -0.4 is 5.73 Å². The zero-order valence-corrected chi connectivity index (χ0v) is 10.3. The standard InChI is InChI=1S/C12H13F4N.ClH/c1-2-3-4-11(17)9-7-8(13)5-6-10(9)12(14,15)16;/h2,5-7,11H,1,3-4,17H2;1H/t11-;/m1./s1. The first kappa shape index (κ1) is 16.9. The Kier molecular flexibility index (Phi) is 6.35. The van der Waals surface area contributed by atoms with Gasteiger partial charge < -0.3 is 5.73 Å². The average Bonchev–Trinajstić information content (AvgIpc) is 2.24. The number of alkyl halides is 3. The second kappa shape index (κ2) is 6.75. The van der Waals surface area contributed by atoms with E-state index >= 15 is 0 Å². The zero-order valence-electron chi connectivity index (χ0n) is 9.51. The number of nitrogens with two attached hydrogens (primary N) is 1. The summed E-state index contributed by atoms with van der Waals surface area (Å²) in [6, 6.07) is 1.50. The normalized spacial score (nSPS) is 12.7. The predicted octanol–water partition coefficient (Wildman–Crippen LogP) is 4.23. The van der Waals surface area contributed by atoms with Crippen LogP contribution in [0.1, 0.15) is 30.0 Å². The summed E-state index contributed by atoms with van der Waals surface area (Å²) in [4.78, 5) is 0.